The van der Waals surface area contributed by atoms with Crippen molar-refractivity contribution in [3.05, 3.63) is 29.8 Å². The van der Waals surface area contributed by atoms with Crippen LogP contribution in [0.1, 0.15) is 18.4 Å². The summed E-state index contributed by atoms with van der Waals surface area (Å²) in [5, 5.41) is 8.82. The largest absolute Gasteiger partial charge is 0.480 e. The summed E-state index contributed by atoms with van der Waals surface area (Å²) in [6.07, 6.45) is 1.30. The van der Waals surface area contributed by atoms with Crippen LogP contribution in [-0.2, 0) is 14.8 Å². The van der Waals surface area contributed by atoms with E-state index in [2.05, 4.69) is 0 Å². The molecule has 2 rings (SSSR count). The van der Waals surface area contributed by atoms with E-state index < -0.39 is 16.0 Å². The molecule has 7 heteroatoms. The maximum Gasteiger partial charge on any atom is 0.317 e. The smallest absolute Gasteiger partial charge is 0.317 e. The molecule has 1 fully saturated rings. The molecule has 0 aliphatic carbocycles. The van der Waals surface area contributed by atoms with Gasteiger partial charge in [-0.25, -0.2) is 8.42 Å². The van der Waals surface area contributed by atoms with Crippen LogP contribution in [0, 0.1) is 6.92 Å². The van der Waals surface area contributed by atoms with Crippen LogP contribution in [0.25, 0.3) is 0 Å². The summed E-state index contributed by atoms with van der Waals surface area (Å²) in [5.41, 5.74) is 1.02. The maximum atomic E-state index is 12.6. The molecule has 1 heterocycles. The number of rotatable bonds is 5. The number of aryl methyl sites for hydroxylation is 1. The monoisotopic (exact) mass is 326 g/mol. The van der Waals surface area contributed by atoms with Crippen molar-refractivity contribution in [2.75, 3.05) is 26.7 Å². The molecule has 1 saturated heterocycles. The van der Waals surface area contributed by atoms with Gasteiger partial charge in [-0.05, 0) is 38.9 Å². The van der Waals surface area contributed by atoms with Crippen LogP contribution in [0.5, 0.6) is 0 Å². The Hall–Kier alpha value is -1.44. The summed E-state index contributed by atoms with van der Waals surface area (Å²) in [6.45, 7) is 2.74. The Morgan fingerprint density at radius 2 is 1.82 bits per heavy atom. The van der Waals surface area contributed by atoms with Crippen LogP contribution in [0.4, 0.5) is 0 Å². The molecule has 22 heavy (non-hydrogen) atoms. The van der Waals surface area contributed by atoms with Gasteiger partial charge < -0.3 is 5.11 Å². The normalized spacial score (nSPS) is 17.8. The number of aliphatic carboxylic acids is 1. The second-order valence-corrected chi connectivity index (χ2v) is 7.70. The Balaban J connectivity index is 2.01. The van der Waals surface area contributed by atoms with Gasteiger partial charge in [0.15, 0.2) is 0 Å². The van der Waals surface area contributed by atoms with Gasteiger partial charge in [-0.1, -0.05) is 17.7 Å². The van der Waals surface area contributed by atoms with Crippen LogP contribution >= 0.6 is 0 Å². The Bertz CT molecular complexity index is 619. The number of hydrogen-bond donors (Lipinski definition) is 1. The Morgan fingerprint density at radius 3 is 2.32 bits per heavy atom. The number of carboxylic acids is 1. The lowest BCUT2D eigenvalue weighted by molar-refractivity contribution is -0.138. The van der Waals surface area contributed by atoms with Gasteiger partial charge in [0.2, 0.25) is 10.0 Å². The SMILES string of the molecule is Cc1ccc(S(=O)(=O)N2CCC(N(C)CC(=O)O)CC2)cc1. The van der Waals surface area contributed by atoms with Crippen molar-refractivity contribution < 1.29 is 18.3 Å². The molecule has 0 saturated carbocycles. The second kappa shape index (κ2) is 6.76. The topological polar surface area (TPSA) is 77.9 Å². The first kappa shape index (κ1) is 16.9. The number of nitrogens with zero attached hydrogens (tertiary/aromatic N) is 2. The number of likely N-dealkylation sites (N-methyl/N-ethyl adjacent to an activating group) is 1. The highest BCUT2D eigenvalue weighted by Crippen LogP contribution is 2.22. The van der Waals surface area contributed by atoms with E-state index in [1.807, 2.05) is 6.92 Å². The zero-order valence-corrected chi connectivity index (χ0v) is 13.7. The van der Waals surface area contributed by atoms with Gasteiger partial charge in [0.25, 0.3) is 0 Å². The van der Waals surface area contributed by atoms with Gasteiger partial charge in [0, 0.05) is 19.1 Å². The summed E-state index contributed by atoms with van der Waals surface area (Å²) in [5.74, 6) is -0.864. The van der Waals surface area contributed by atoms with Gasteiger partial charge in [-0.3, -0.25) is 9.69 Å². The fourth-order valence-corrected chi connectivity index (χ4v) is 4.19. The molecule has 6 nitrogen and oxygen atoms in total. The molecule has 0 atom stereocenters. The second-order valence-electron chi connectivity index (χ2n) is 5.76. The molecule has 0 radical (unpaired) electrons. The van der Waals surface area contributed by atoms with E-state index in [0.717, 1.165) is 5.56 Å². The lowest BCUT2D eigenvalue weighted by Gasteiger charge is -2.35. The number of carbonyl (C=O) groups is 1. The summed E-state index contributed by atoms with van der Waals surface area (Å²) < 4.78 is 26.6. The Kier molecular flexibility index (Phi) is 5.20. The minimum atomic E-state index is -3.45. The third kappa shape index (κ3) is 3.85. The Morgan fingerprint density at radius 1 is 1.27 bits per heavy atom. The molecule has 0 bridgehead atoms. The minimum absolute atomic E-state index is 0.0185. The van der Waals surface area contributed by atoms with Crippen molar-refractivity contribution >= 4 is 16.0 Å². The van der Waals surface area contributed by atoms with Gasteiger partial charge in [0.05, 0.1) is 11.4 Å². The first-order valence-electron chi connectivity index (χ1n) is 7.29. The van der Waals surface area contributed by atoms with E-state index in [9.17, 15) is 13.2 Å². The van der Waals surface area contributed by atoms with E-state index in [4.69, 9.17) is 5.11 Å². The van der Waals surface area contributed by atoms with Crippen molar-refractivity contribution in [1.82, 2.24) is 9.21 Å². The first-order valence-corrected chi connectivity index (χ1v) is 8.73. The summed E-state index contributed by atoms with van der Waals surface area (Å²) in [4.78, 5) is 12.8. The molecular weight excluding hydrogens is 304 g/mol. The molecule has 122 valence electrons. The molecule has 0 amide bonds. The molecule has 1 aliphatic heterocycles. The van der Waals surface area contributed by atoms with Gasteiger partial charge >= 0.3 is 5.97 Å². The van der Waals surface area contributed by atoms with Crippen molar-refractivity contribution in [2.24, 2.45) is 0 Å². The average molecular weight is 326 g/mol. The summed E-state index contributed by atoms with van der Waals surface area (Å²) in [7, 11) is -1.69. The number of hydrogen-bond acceptors (Lipinski definition) is 4. The van der Waals surface area contributed by atoms with Crippen LogP contribution < -0.4 is 0 Å². The van der Waals surface area contributed by atoms with E-state index in [1.54, 1.807) is 36.2 Å². The number of piperidine rings is 1. The van der Waals surface area contributed by atoms with Crippen molar-refractivity contribution in [1.29, 1.82) is 0 Å². The zero-order chi connectivity index (χ0) is 16.3. The highest BCUT2D eigenvalue weighted by atomic mass is 32.2. The molecule has 0 aromatic heterocycles. The highest BCUT2D eigenvalue weighted by molar-refractivity contribution is 7.89. The molecule has 1 aromatic rings. The molecule has 1 N–H and O–H groups in total. The first-order chi connectivity index (χ1) is 10.3. The van der Waals surface area contributed by atoms with Crippen molar-refractivity contribution in [2.45, 2.75) is 30.7 Å². The molecule has 0 unspecified atom stereocenters. The predicted octanol–water partition coefficient (Wildman–Crippen LogP) is 1.16. The fourth-order valence-electron chi connectivity index (χ4n) is 2.73. The lowest BCUT2D eigenvalue weighted by Crippen LogP contribution is -2.46. The number of sulfonamides is 1. The number of carboxylic acid groups (broad SMARTS) is 1. The van der Waals surface area contributed by atoms with Crippen LogP contribution in [0.15, 0.2) is 29.2 Å². The van der Waals surface area contributed by atoms with E-state index in [0.29, 0.717) is 30.8 Å². The minimum Gasteiger partial charge on any atom is -0.480 e. The highest BCUT2D eigenvalue weighted by Gasteiger charge is 2.31. The molecular formula is C15H22N2O4S. The fraction of sp³-hybridized carbons (Fsp3) is 0.533. The summed E-state index contributed by atoms with van der Waals surface area (Å²) in [6, 6.07) is 6.96. The van der Waals surface area contributed by atoms with Crippen molar-refractivity contribution in [3.63, 3.8) is 0 Å². The third-order valence-electron chi connectivity index (χ3n) is 4.09. The molecule has 0 spiro atoms. The van der Waals surface area contributed by atoms with Crippen LogP contribution in [-0.4, -0.2) is 61.4 Å². The van der Waals surface area contributed by atoms with E-state index in [-0.39, 0.29) is 12.6 Å². The quantitative estimate of drug-likeness (QED) is 0.879. The van der Waals surface area contributed by atoms with E-state index in [1.165, 1.54) is 4.31 Å². The van der Waals surface area contributed by atoms with Gasteiger partial charge in [-0.2, -0.15) is 4.31 Å². The Labute approximate surface area is 131 Å². The average Bonchev–Trinajstić information content (AvgIpc) is 2.47. The number of benzene rings is 1. The van der Waals surface area contributed by atoms with Crippen LogP contribution in [0.2, 0.25) is 0 Å². The third-order valence-corrected chi connectivity index (χ3v) is 6.00. The molecule has 1 aliphatic rings. The van der Waals surface area contributed by atoms with Crippen molar-refractivity contribution in [3.8, 4) is 0 Å². The lowest BCUT2D eigenvalue weighted by atomic mass is 10.1. The van der Waals surface area contributed by atoms with E-state index >= 15 is 0 Å². The summed E-state index contributed by atoms with van der Waals surface area (Å²) >= 11 is 0. The van der Waals surface area contributed by atoms with Gasteiger partial charge in [-0.15, -0.1) is 0 Å². The molecule has 1 aromatic carbocycles. The zero-order valence-electron chi connectivity index (χ0n) is 12.9. The predicted molar refractivity (Wildman–Crippen MR) is 83.2 cm³/mol. The maximum absolute atomic E-state index is 12.6. The van der Waals surface area contributed by atoms with Gasteiger partial charge in [0.1, 0.15) is 0 Å². The standard InChI is InChI=1S/C15H22N2O4S/c1-12-3-5-14(6-4-12)22(20,21)17-9-7-13(8-10-17)16(2)11-15(18)19/h3-6,13H,7-11H2,1-2H3,(H,18,19). The van der Waals surface area contributed by atoms with Crippen LogP contribution in [0.3, 0.4) is 0 Å².